The lowest BCUT2D eigenvalue weighted by Crippen LogP contribution is -2.64. The molecule has 2 nitrogen and oxygen atoms in total. The first-order valence-corrected chi connectivity index (χ1v) is 5.31. The summed E-state index contributed by atoms with van der Waals surface area (Å²) < 4.78 is 5.84. The Morgan fingerprint density at radius 3 is 2.73 bits per heavy atom. The van der Waals surface area contributed by atoms with Gasteiger partial charge >= 0.3 is 0 Å². The number of carbonyl (C=O) groups excluding carboxylic acids is 1. The van der Waals surface area contributed by atoms with Crippen molar-refractivity contribution in [3.63, 3.8) is 0 Å². The standard InChI is InChI=1S/C13H14O2/c1-8-4-5-9-10(6-8)15-13(3)11(14)7-12(9,13)2/h4-6H,7H2,1-3H3/t12-,13-/m0/s1. The van der Waals surface area contributed by atoms with Crippen molar-refractivity contribution in [3.8, 4) is 5.75 Å². The van der Waals surface area contributed by atoms with Gasteiger partial charge in [-0.25, -0.2) is 0 Å². The number of rotatable bonds is 0. The molecule has 1 fully saturated rings. The van der Waals surface area contributed by atoms with Gasteiger partial charge in [0.05, 0.1) is 0 Å². The highest BCUT2D eigenvalue weighted by molar-refractivity contribution is 5.99. The van der Waals surface area contributed by atoms with Gasteiger partial charge in [-0.2, -0.15) is 0 Å². The van der Waals surface area contributed by atoms with Crippen molar-refractivity contribution in [2.24, 2.45) is 0 Å². The summed E-state index contributed by atoms with van der Waals surface area (Å²) in [5, 5.41) is 0. The van der Waals surface area contributed by atoms with Gasteiger partial charge in [-0.05, 0) is 25.5 Å². The van der Waals surface area contributed by atoms with E-state index in [1.54, 1.807) is 0 Å². The Hall–Kier alpha value is -1.31. The van der Waals surface area contributed by atoms with Gasteiger partial charge in [0.2, 0.25) is 0 Å². The molecule has 0 spiro atoms. The Bertz CT molecular complexity index is 477. The van der Waals surface area contributed by atoms with E-state index >= 15 is 0 Å². The van der Waals surface area contributed by atoms with Crippen molar-refractivity contribution in [1.82, 2.24) is 0 Å². The summed E-state index contributed by atoms with van der Waals surface area (Å²) in [6.45, 7) is 6.07. The highest BCUT2D eigenvalue weighted by Crippen LogP contribution is 2.58. The number of carbonyl (C=O) groups is 1. The second-order valence-electron chi connectivity index (χ2n) is 5.07. The first-order chi connectivity index (χ1) is 6.97. The summed E-state index contributed by atoms with van der Waals surface area (Å²) in [5.41, 5.74) is 1.65. The van der Waals surface area contributed by atoms with Gasteiger partial charge in [0, 0.05) is 17.4 Å². The molecule has 1 heterocycles. The average molecular weight is 202 g/mol. The fourth-order valence-corrected chi connectivity index (χ4v) is 2.77. The van der Waals surface area contributed by atoms with Crippen LogP contribution in [0.2, 0.25) is 0 Å². The minimum absolute atomic E-state index is 0.104. The number of fused-ring (bicyclic) bond motifs is 3. The van der Waals surface area contributed by atoms with Crippen LogP contribution in [0.15, 0.2) is 18.2 Å². The van der Waals surface area contributed by atoms with E-state index in [-0.39, 0.29) is 11.2 Å². The first-order valence-electron chi connectivity index (χ1n) is 5.31. The highest BCUT2D eigenvalue weighted by Gasteiger charge is 2.67. The molecule has 78 valence electrons. The molecule has 0 bridgehead atoms. The molecule has 0 amide bonds. The number of hydrogen-bond acceptors (Lipinski definition) is 2. The molecular formula is C13H14O2. The van der Waals surface area contributed by atoms with Crippen LogP contribution in [-0.4, -0.2) is 11.4 Å². The number of benzene rings is 1. The number of Topliss-reactive ketones (excluding diaryl/α,β-unsaturated/α-hetero) is 1. The molecular weight excluding hydrogens is 188 g/mol. The molecule has 0 unspecified atom stereocenters. The lowest BCUT2D eigenvalue weighted by molar-refractivity contribution is -0.152. The molecule has 2 aliphatic rings. The quantitative estimate of drug-likeness (QED) is 0.645. The summed E-state index contributed by atoms with van der Waals surface area (Å²) in [6, 6.07) is 6.21. The van der Waals surface area contributed by atoms with Crippen molar-refractivity contribution in [2.75, 3.05) is 0 Å². The maximum atomic E-state index is 11.7. The van der Waals surface area contributed by atoms with E-state index in [0.29, 0.717) is 6.42 Å². The Morgan fingerprint density at radius 1 is 1.33 bits per heavy atom. The van der Waals surface area contributed by atoms with Gasteiger partial charge in [0.25, 0.3) is 0 Å². The number of ketones is 1. The topological polar surface area (TPSA) is 26.3 Å². The Balaban J connectivity index is 2.21. The second kappa shape index (κ2) is 2.26. The molecule has 0 radical (unpaired) electrons. The van der Waals surface area contributed by atoms with Gasteiger partial charge < -0.3 is 4.74 Å². The molecule has 0 N–H and O–H groups in total. The van der Waals surface area contributed by atoms with E-state index in [2.05, 4.69) is 19.1 Å². The van der Waals surface area contributed by atoms with Crippen LogP contribution in [0.4, 0.5) is 0 Å². The number of hydrogen-bond donors (Lipinski definition) is 0. The van der Waals surface area contributed by atoms with E-state index in [1.165, 1.54) is 11.1 Å². The predicted octanol–water partition coefficient (Wildman–Crippen LogP) is 2.38. The lowest BCUT2D eigenvalue weighted by atomic mass is 9.56. The summed E-state index contributed by atoms with van der Waals surface area (Å²) in [4.78, 5) is 11.7. The summed E-state index contributed by atoms with van der Waals surface area (Å²) >= 11 is 0. The molecule has 1 aliphatic carbocycles. The van der Waals surface area contributed by atoms with Crippen LogP contribution in [0.1, 0.15) is 31.4 Å². The minimum Gasteiger partial charge on any atom is -0.479 e. The van der Waals surface area contributed by atoms with Crippen molar-refractivity contribution < 1.29 is 9.53 Å². The fraction of sp³-hybridized carbons (Fsp3) is 0.462. The van der Waals surface area contributed by atoms with E-state index in [0.717, 1.165) is 5.75 Å². The van der Waals surface area contributed by atoms with E-state index in [1.807, 2.05) is 19.9 Å². The van der Waals surface area contributed by atoms with Gasteiger partial charge in [0.15, 0.2) is 11.4 Å². The van der Waals surface area contributed by atoms with Crippen LogP contribution < -0.4 is 4.74 Å². The molecule has 15 heavy (non-hydrogen) atoms. The second-order valence-corrected chi connectivity index (χ2v) is 5.07. The summed E-state index contributed by atoms with van der Waals surface area (Å²) in [5.74, 6) is 1.12. The van der Waals surface area contributed by atoms with Crippen LogP contribution in [0.5, 0.6) is 5.75 Å². The van der Waals surface area contributed by atoms with Crippen LogP contribution in [-0.2, 0) is 10.2 Å². The Labute approximate surface area is 89.2 Å². The minimum atomic E-state index is -0.608. The van der Waals surface area contributed by atoms with Crippen molar-refractivity contribution >= 4 is 5.78 Å². The SMILES string of the molecule is Cc1ccc2c(c1)O[C@@]1(C)C(=O)C[C@@]21C. The van der Waals surface area contributed by atoms with E-state index < -0.39 is 5.60 Å². The first kappa shape index (κ1) is 8.96. The molecule has 3 rings (SSSR count). The zero-order valence-corrected chi connectivity index (χ0v) is 9.26. The largest absolute Gasteiger partial charge is 0.479 e. The normalized spacial score (nSPS) is 36.6. The predicted molar refractivity (Wildman–Crippen MR) is 57.2 cm³/mol. The van der Waals surface area contributed by atoms with Gasteiger partial charge in [-0.3, -0.25) is 4.79 Å². The third-order valence-corrected chi connectivity index (χ3v) is 4.14. The zero-order chi connectivity index (χ0) is 10.8. The monoisotopic (exact) mass is 202 g/mol. The maximum Gasteiger partial charge on any atom is 0.178 e. The molecule has 0 saturated heterocycles. The molecule has 1 aromatic rings. The Kier molecular flexibility index (Phi) is 1.35. The maximum absolute atomic E-state index is 11.7. The van der Waals surface area contributed by atoms with E-state index in [4.69, 9.17) is 4.74 Å². The third kappa shape index (κ3) is 0.796. The van der Waals surface area contributed by atoms with Crippen molar-refractivity contribution in [1.29, 1.82) is 0 Å². The van der Waals surface area contributed by atoms with Crippen LogP contribution in [0, 0.1) is 6.92 Å². The van der Waals surface area contributed by atoms with Crippen molar-refractivity contribution in [2.45, 2.75) is 38.2 Å². The third-order valence-electron chi connectivity index (χ3n) is 4.14. The summed E-state index contributed by atoms with van der Waals surface area (Å²) in [7, 11) is 0. The number of ether oxygens (including phenoxy) is 1. The average Bonchev–Trinajstić information content (AvgIpc) is 2.33. The molecule has 1 aliphatic heterocycles. The highest BCUT2D eigenvalue weighted by atomic mass is 16.5. The smallest absolute Gasteiger partial charge is 0.178 e. The molecule has 0 aromatic heterocycles. The summed E-state index contributed by atoms with van der Waals surface area (Å²) in [6.07, 6.45) is 0.611. The number of aryl methyl sites for hydroxylation is 1. The van der Waals surface area contributed by atoms with Gasteiger partial charge in [-0.1, -0.05) is 19.1 Å². The van der Waals surface area contributed by atoms with Gasteiger partial charge in [0.1, 0.15) is 5.75 Å². The van der Waals surface area contributed by atoms with Crippen LogP contribution in [0.25, 0.3) is 0 Å². The molecule has 1 saturated carbocycles. The molecule has 2 heteroatoms. The lowest BCUT2D eigenvalue weighted by Gasteiger charge is -2.47. The molecule has 1 aromatic carbocycles. The van der Waals surface area contributed by atoms with E-state index in [9.17, 15) is 4.79 Å². The Morgan fingerprint density at radius 2 is 2.07 bits per heavy atom. The zero-order valence-electron chi connectivity index (χ0n) is 9.26. The van der Waals surface area contributed by atoms with Crippen LogP contribution in [0.3, 0.4) is 0 Å². The van der Waals surface area contributed by atoms with Crippen molar-refractivity contribution in [3.05, 3.63) is 29.3 Å². The van der Waals surface area contributed by atoms with Gasteiger partial charge in [-0.15, -0.1) is 0 Å². The fourth-order valence-electron chi connectivity index (χ4n) is 2.77. The molecule has 2 atom stereocenters. The van der Waals surface area contributed by atoms with Crippen LogP contribution >= 0.6 is 0 Å².